The first-order valence-corrected chi connectivity index (χ1v) is 7.26. The summed E-state index contributed by atoms with van der Waals surface area (Å²) in [5.41, 5.74) is 2.28. The maximum absolute atomic E-state index is 6.36. The number of rotatable bonds is 4. The van der Waals surface area contributed by atoms with Gasteiger partial charge in [-0.05, 0) is 24.2 Å². The highest BCUT2D eigenvalue weighted by Crippen LogP contribution is 2.26. The number of nitrogens with zero attached hydrogens (tertiary/aromatic N) is 4. The Kier molecular flexibility index (Phi) is 3.89. The van der Waals surface area contributed by atoms with Crippen molar-refractivity contribution in [3.63, 3.8) is 0 Å². The maximum atomic E-state index is 6.36. The maximum Gasteiger partial charge on any atom is 0.152 e. The third-order valence-corrected chi connectivity index (χ3v) is 3.96. The third kappa shape index (κ3) is 2.64. The number of benzene rings is 1. The van der Waals surface area contributed by atoms with Gasteiger partial charge in [0.05, 0.1) is 6.54 Å². The molecule has 20 heavy (non-hydrogen) atoms. The molecule has 0 aliphatic carbocycles. The second kappa shape index (κ2) is 5.81. The van der Waals surface area contributed by atoms with Gasteiger partial charge in [0.1, 0.15) is 6.33 Å². The van der Waals surface area contributed by atoms with E-state index in [9.17, 15) is 0 Å². The second-order valence-electron chi connectivity index (χ2n) is 4.92. The van der Waals surface area contributed by atoms with Crippen LogP contribution in [-0.2, 0) is 19.6 Å². The van der Waals surface area contributed by atoms with Gasteiger partial charge < -0.3 is 14.8 Å². The SMILES string of the molecule is CCNCc1ccc(N2CCn3cnnc3C2)cc1Cl. The molecule has 0 fully saturated rings. The Morgan fingerprint density at radius 2 is 2.25 bits per heavy atom. The Balaban J connectivity index is 1.76. The fourth-order valence-electron chi connectivity index (χ4n) is 2.42. The predicted octanol–water partition coefficient (Wildman–Crippen LogP) is 2.06. The molecule has 3 rings (SSSR count). The quantitative estimate of drug-likeness (QED) is 0.937. The van der Waals surface area contributed by atoms with Gasteiger partial charge in [-0.3, -0.25) is 0 Å². The van der Waals surface area contributed by atoms with Crippen molar-refractivity contribution in [2.45, 2.75) is 26.6 Å². The Hall–Kier alpha value is -1.59. The monoisotopic (exact) mass is 291 g/mol. The van der Waals surface area contributed by atoms with Crippen molar-refractivity contribution in [1.82, 2.24) is 20.1 Å². The van der Waals surface area contributed by atoms with E-state index in [-0.39, 0.29) is 0 Å². The highest BCUT2D eigenvalue weighted by Gasteiger charge is 2.18. The van der Waals surface area contributed by atoms with Crippen LogP contribution in [0.25, 0.3) is 0 Å². The molecule has 0 atom stereocenters. The summed E-state index contributed by atoms with van der Waals surface area (Å²) in [6.07, 6.45) is 1.79. The van der Waals surface area contributed by atoms with Crippen LogP contribution in [0.5, 0.6) is 0 Å². The number of hydrogen-bond donors (Lipinski definition) is 1. The van der Waals surface area contributed by atoms with Gasteiger partial charge in [-0.2, -0.15) is 0 Å². The van der Waals surface area contributed by atoms with Crippen LogP contribution in [0.2, 0.25) is 5.02 Å². The molecule has 6 heteroatoms. The molecule has 1 aliphatic heterocycles. The molecule has 0 unspecified atom stereocenters. The smallest absolute Gasteiger partial charge is 0.152 e. The van der Waals surface area contributed by atoms with Crippen LogP contribution in [0.4, 0.5) is 5.69 Å². The molecule has 0 spiro atoms. The van der Waals surface area contributed by atoms with Gasteiger partial charge in [-0.15, -0.1) is 10.2 Å². The fraction of sp³-hybridized carbons (Fsp3) is 0.429. The second-order valence-corrected chi connectivity index (χ2v) is 5.33. The van der Waals surface area contributed by atoms with Crippen LogP contribution < -0.4 is 10.2 Å². The van der Waals surface area contributed by atoms with Crippen LogP contribution in [0, 0.1) is 0 Å². The zero-order valence-electron chi connectivity index (χ0n) is 11.5. The molecule has 0 saturated carbocycles. The fourth-order valence-corrected chi connectivity index (χ4v) is 2.66. The Morgan fingerprint density at radius 1 is 1.35 bits per heavy atom. The standard InChI is InChI=1S/C14H18ClN5/c1-2-16-8-11-3-4-12(7-13(11)15)19-5-6-20-10-17-18-14(20)9-19/h3-4,7,10,16H,2,5-6,8-9H2,1H3. The summed E-state index contributed by atoms with van der Waals surface area (Å²) in [5.74, 6) is 1.00. The first-order valence-electron chi connectivity index (χ1n) is 6.88. The topological polar surface area (TPSA) is 46.0 Å². The summed E-state index contributed by atoms with van der Waals surface area (Å²) in [4.78, 5) is 2.28. The minimum Gasteiger partial charge on any atom is -0.362 e. The van der Waals surface area contributed by atoms with Crippen LogP contribution in [-0.4, -0.2) is 27.9 Å². The molecule has 0 radical (unpaired) electrons. The minimum absolute atomic E-state index is 0.781. The lowest BCUT2D eigenvalue weighted by Gasteiger charge is -2.29. The molecular weight excluding hydrogens is 274 g/mol. The number of nitrogens with one attached hydrogen (secondary N) is 1. The highest BCUT2D eigenvalue weighted by molar-refractivity contribution is 6.31. The van der Waals surface area contributed by atoms with E-state index in [1.165, 1.54) is 0 Å². The van der Waals surface area contributed by atoms with Crippen molar-refractivity contribution in [2.24, 2.45) is 0 Å². The van der Waals surface area contributed by atoms with Gasteiger partial charge in [-0.25, -0.2) is 0 Å². The Labute approximate surface area is 123 Å². The van der Waals surface area contributed by atoms with Crippen molar-refractivity contribution in [2.75, 3.05) is 18.0 Å². The Bertz CT molecular complexity index is 595. The van der Waals surface area contributed by atoms with E-state index >= 15 is 0 Å². The Morgan fingerprint density at radius 3 is 3.05 bits per heavy atom. The normalized spacial score (nSPS) is 14.4. The molecular formula is C14H18ClN5. The van der Waals surface area contributed by atoms with Crippen molar-refractivity contribution in [1.29, 1.82) is 0 Å². The van der Waals surface area contributed by atoms with E-state index in [0.717, 1.165) is 54.8 Å². The molecule has 0 bridgehead atoms. The summed E-state index contributed by atoms with van der Waals surface area (Å²) in [5, 5.41) is 12.2. The van der Waals surface area contributed by atoms with E-state index in [1.54, 1.807) is 6.33 Å². The third-order valence-electron chi connectivity index (χ3n) is 3.61. The van der Waals surface area contributed by atoms with Crippen molar-refractivity contribution in [3.8, 4) is 0 Å². The lowest BCUT2D eigenvalue weighted by atomic mass is 10.1. The minimum atomic E-state index is 0.781. The van der Waals surface area contributed by atoms with E-state index in [0.29, 0.717) is 0 Å². The number of fused-ring (bicyclic) bond motifs is 1. The van der Waals surface area contributed by atoms with Gasteiger partial charge in [0.25, 0.3) is 0 Å². The van der Waals surface area contributed by atoms with Crippen molar-refractivity contribution in [3.05, 3.63) is 40.9 Å². The van der Waals surface area contributed by atoms with E-state index in [2.05, 4.69) is 44.0 Å². The molecule has 1 aromatic heterocycles. The highest BCUT2D eigenvalue weighted by atomic mass is 35.5. The van der Waals surface area contributed by atoms with Gasteiger partial charge in [0, 0.05) is 30.3 Å². The molecule has 1 aromatic carbocycles. The molecule has 5 nitrogen and oxygen atoms in total. The zero-order chi connectivity index (χ0) is 13.9. The molecule has 1 N–H and O–H groups in total. The van der Waals surface area contributed by atoms with Crippen LogP contribution in [0.15, 0.2) is 24.5 Å². The number of hydrogen-bond acceptors (Lipinski definition) is 4. The van der Waals surface area contributed by atoms with Crippen molar-refractivity contribution >= 4 is 17.3 Å². The van der Waals surface area contributed by atoms with Gasteiger partial charge in [0.15, 0.2) is 5.82 Å². The summed E-state index contributed by atoms with van der Waals surface area (Å²) < 4.78 is 2.09. The summed E-state index contributed by atoms with van der Waals surface area (Å²) in [6, 6.07) is 6.27. The molecule has 0 saturated heterocycles. The number of anilines is 1. The molecule has 2 aromatic rings. The van der Waals surface area contributed by atoms with E-state index in [1.807, 2.05) is 6.07 Å². The van der Waals surface area contributed by atoms with Crippen LogP contribution >= 0.6 is 11.6 Å². The molecule has 106 valence electrons. The first-order chi connectivity index (χ1) is 9.78. The van der Waals surface area contributed by atoms with Gasteiger partial charge in [-0.1, -0.05) is 24.6 Å². The molecule has 2 heterocycles. The predicted molar refractivity (Wildman–Crippen MR) is 79.9 cm³/mol. The van der Waals surface area contributed by atoms with E-state index < -0.39 is 0 Å². The number of halogens is 1. The van der Waals surface area contributed by atoms with Gasteiger partial charge in [0.2, 0.25) is 0 Å². The summed E-state index contributed by atoms with van der Waals surface area (Å²) >= 11 is 6.36. The summed E-state index contributed by atoms with van der Waals surface area (Å²) in [7, 11) is 0. The average Bonchev–Trinajstić information content (AvgIpc) is 2.93. The number of aromatic nitrogens is 3. The van der Waals surface area contributed by atoms with Crippen LogP contribution in [0.3, 0.4) is 0 Å². The zero-order valence-corrected chi connectivity index (χ0v) is 12.3. The van der Waals surface area contributed by atoms with Crippen molar-refractivity contribution < 1.29 is 0 Å². The lowest BCUT2D eigenvalue weighted by Crippen LogP contribution is -2.33. The molecule has 0 amide bonds. The summed E-state index contributed by atoms with van der Waals surface area (Å²) in [6.45, 7) is 6.49. The first kappa shape index (κ1) is 13.4. The van der Waals surface area contributed by atoms with E-state index in [4.69, 9.17) is 11.6 Å². The molecule has 1 aliphatic rings. The average molecular weight is 292 g/mol. The van der Waals surface area contributed by atoms with Gasteiger partial charge >= 0.3 is 0 Å². The largest absolute Gasteiger partial charge is 0.362 e. The van der Waals surface area contributed by atoms with Crippen LogP contribution in [0.1, 0.15) is 18.3 Å². The lowest BCUT2D eigenvalue weighted by molar-refractivity contribution is 0.560.